The van der Waals surface area contributed by atoms with Crippen LogP contribution in [0.4, 0.5) is 0 Å². The molecule has 0 bridgehead atoms. The molecule has 0 aromatic heterocycles. The van der Waals surface area contributed by atoms with E-state index >= 15 is 0 Å². The highest BCUT2D eigenvalue weighted by molar-refractivity contribution is 8.94. The SMILES string of the molecule is CCS[P+](=S)SCC. The minimum Gasteiger partial charge on any atom is -0.0522 e. The predicted octanol–water partition coefficient (Wildman–Crippen LogP) is 3.27. The average molecular weight is 185 g/mol. The van der Waals surface area contributed by atoms with Crippen molar-refractivity contribution >= 4 is 39.7 Å². The molecule has 0 aliphatic rings. The van der Waals surface area contributed by atoms with Crippen molar-refractivity contribution in [3.8, 4) is 0 Å². The highest BCUT2D eigenvalue weighted by Crippen LogP contribution is 2.49. The Kier molecular flexibility index (Phi) is 7.31. The van der Waals surface area contributed by atoms with Crippen molar-refractivity contribution in [1.82, 2.24) is 0 Å². The second kappa shape index (κ2) is 6.34. The van der Waals surface area contributed by atoms with Crippen molar-refractivity contribution in [3.05, 3.63) is 0 Å². The summed E-state index contributed by atoms with van der Waals surface area (Å²) in [5.41, 5.74) is 0. The Hall–Kier alpha value is 1.22. The molecular weight excluding hydrogens is 175 g/mol. The molecule has 0 aliphatic heterocycles. The Morgan fingerprint density at radius 2 is 1.62 bits per heavy atom. The summed E-state index contributed by atoms with van der Waals surface area (Å²) in [6.45, 7) is 4.31. The van der Waals surface area contributed by atoms with Crippen molar-refractivity contribution < 1.29 is 0 Å². The van der Waals surface area contributed by atoms with E-state index in [0.29, 0.717) is 0 Å². The molecule has 0 aromatic rings. The molecule has 0 N–H and O–H groups in total. The molecule has 0 aliphatic carbocycles. The van der Waals surface area contributed by atoms with Crippen molar-refractivity contribution in [2.24, 2.45) is 0 Å². The van der Waals surface area contributed by atoms with E-state index in [0.717, 1.165) is 0 Å². The second-order valence-corrected chi connectivity index (χ2v) is 10.1. The highest BCUT2D eigenvalue weighted by Gasteiger charge is 2.08. The minimum atomic E-state index is -0.164. The average Bonchev–Trinajstić information content (AvgIpc) is 1.68. The highest BCUT2D eigenvalue weighted by atomic mass is 33.2. The van der Waals surface area contributed by atoms with Gasteiger partial charge in [0.05, 0.1) is 0 Å². The van der Waals surface area contributed by atoms with Crippen molar-refractivity contribution in [2.45, 2.75) is 13.8 Å². The molecule has 4 heteroatoms. The van der Waals surface area contributed by atoms with E-state index in [1.807, 2.05) is 22.8 Å². The summed E-state index contributed by atoms with van der Waals surface area (Å²) < 4.78 is 0. The number of rotatable bonds is 4. The first-order chi connectivity index (χ1) is 3.81. The van der Waals surface area contributed by atoms with E-state index in [2.05, 4.69) is 13.8 Å². The van der Waals surface area contributed by atoms with Crippen LogP contribution in [0.25, 0.3) is 0 Å². The van der Waals surface area contributed by atoms with E-state index < -0.39 is 0 Å². The standard InChI is InChI=1S/C4H10PS3/c1-3-7-5(6)8-4-2/h3-4H2,1-2H3/q+1. The van der Waals surface area contributed by atoms with Crippen LogP contribution >= 0.6 is 27.9 Å². The van der Waals surface area contributed by atoms with Gasteiger partial charge in [0.1, 0.15) is 22.8 Å². The maximum absolute atomic E-state index is 5.13. The van der Waals surface area contributed by atoms with Gasteiger partial charge in [-0.25, -0.2) is 0 Å². The third kappa shape index (κ3) is 5.36. The number of hydrogen-bond acceptors (Lipinski definition) is 3. The van der Waals surface area contributed by atoms with E-state index in [4.69, 9.17) is 11.8 Å². The Morgan fingerprint density at radius 3 is 1.88 bits per heavy atom. The van der Waals surface area contributed by atoms with Crippen LogP contribution in [-0.4, -0.2) is 11.5 Å². The summed E-state index contributed by atoms with van der Waals surface area (Å²) in [6.07, 6.45) is 0. The van der Waals surface area contributed by atoms with E-state index in [1.54, 1.807) is 0 Å². The molecule has 0 spiro atoms. The predicted molar refractivity (Wildman–Crippen MR) is 50.5 cm³/mol. The zero-order valence-corrected chi connectivity index (χ0v) is 8.43. The zero-order valence-electron chi connectivity index (χ0n) is 5.09. The Labute approximate surface area is 65.1 Å². The lowest BCUT2D eigenvalue weighted by atomic mass is 11.0. The summed E-state index contributed by atoms with van der Waals surface area (Å²) in [5.74, 6) is 2.34. The Balaban J connectivity index is 3.06. The van der Waals surface area contributed by atoms with Gasteiger partial charge in [-0.05, 0) is 0 Å². The lowest BCUT2D eigenvalue weighted by Crippen LogP contribution is -1.57. The molecule has 0 fully saturated rings. The summed E-state index contributed by atoms with van der Waals surface area (Å²) in [7, 11) is 0. The Morgan fingerprint density at radius 1 is 1.25 bits per heavy atom. The van der Waals surface area contributed by atoms with Crippen LogP contribution in [0.5, 0.6) is 0 Å². The van der Waals surface area contributed by atoms with Gasteiger partial charge in [0.15, 0.2) is 11.8 Å². The lowest BCUT2D eigenvalue weighted by Gasteiger charge is -1.78. The van der Waals surface area contributed by atoms with Gasteiger partial charge in [0.25, 0.3) is 0 Å². The van der Waals surface area contributed by atoms with Gasteiger partial charge in [0, 0.05) is 11.5 Å². The van der Waals surface area contributed by atoms with Gasteiger partial charge in [0.2, 0.25) is 0 Å². The van der Waals surface area contributed by atoms with Crippen LogP contribution in [0.15, 0.2) is 0 Å². The minimum absolute atomic E-state index is 0.164. The summed E-state index contributed by atoms with van der Waals surface area (Å²) >= 11 is 8.92. The van der Waals surface area contributed by atoms with Crippen LogP contribution in [-0.2, 0) is 11.8 Å². The largest absolute Gasteiger partial charge is 0.316 e. The van der Waals surface area contributed by atoms with E-state index in [1.165, 1.54) is 11.5 Å². The van der Waals surface area contributed by atoms with E-state index in [-0.39, 0.29) is 5.10 Å². The van der Waals surface area contributed by atoms with Crippen molar-refractivity contribution in [3.63, 3.8) is 0 Å². The summed E-state index contributed by atoms with van der Waals surface area (Å²) in [4.78, 5) is 0. The van der Waals surface area contributed by atoms with Gasteiger partial charge < -0.3 is 0 Å². The topological polar surface area (TPSA) is 0 Å². The fraction of sp³-hybridized carbons (Fsp3) is 1.00. The molecule has 0 saturated heterocycles. The molecule has 0 rings (SSSR count). The molecule has 8 heavy (non-hydrogen) atoms. The van der Waals surface area contributed by atoms with Gasteiger partial charge >= 0.3 is 5.10 Å². The van der Waals surface area contributed by atoms with Crippen LogP contribution in [0.3, 0.4) is 0 Å². The fourth-order valence-corrected chi connectivity index (χ4v) is 6.70. The summed E-state index contributed by atoms with van der Waals surface area (Å²) in [6, 6.07) is 0. The fourth-order valence-electron chi connectivity index (χ4n) is 0.248. The maximum atomic E-state index is 5.13. The molecule has 0 aromatic carbocycles. The summed E-state index contributed by atoms with van der Waals surface area (Å²) in [5, 5.41) is -0.164. The Bertz CT molecular complexity index is 65.7. The molecule has 0 heterocycles. The first-order valence-corrected chi connectivity index (χ1v) is 8.08. The van der Waals surface area contributed by atoms with Crippen LogP contribution < -0.4 is 0 Å². The van der Waals surface area contributed by atoms with Gasteiger partial charge in [-0.2, -0.15) is 0 Å². The van der Waals surface area contributed by atoms with Crippen LogP contribution in [0, 0.1) is 0 Å². The van der Waals surface area contributed by atoms with Gasteiger partial charge in [-0.15, -0.1) is 0 Å². The smallest absolute Gasteiger partial charge is 0.0522 e. The molecule has 0 radical (unpaired) electrons. The molecule has 0 amide bonds. The lowest BCUT2D eigenvalue weighted by molar-refractivity contribution is 1.54. The van der Waals surface area contributed by atoms with Crippen molar-refractivity contribution in [2.75, 3.05) is 11.5 Å². The first kappa shape index (κ1) is 9.22. The maximum Gasteiger partial charge on any atom is 0.316 e. The van der Waals surface area contributed by atoms with E-state index in [9.17, 15) is 0 Å². The molecule has 0 nitrogen and oxygen atoms in total. The van der Waals surface area contributed by atoms with Gasteiger partial charge in [-0.3, -0.25) is 0 Å². The number of hydrogen-bond donors (Lipinski definition) is 0. The molecule has 48 valence electrons. The molecule has 0 unspecified atom stereocenters. The quantitative estimate of drug-likeness (QED) is 0.617. The van der Waals surface area contributed by atoms with Gasteiger partial charge in [-0.1, -0.05) is 13.8 Å². The molecular formula is C4H10PS3+. The van der Waals surface area contributed by atoms with Crippen LogP contribution in [0.2, 0.25) is 0 Å². The third-order valence-corrected chi connectivity index (χ3v) is 8.02. The molecule has 0 atom stereocenters. The normalized spacial score (nSPS) is 9.25. The third-order valence-electron chi connectivity index (χ3n) is 0.469. The van der Waals surface area contributed by atoms with Crippen molar-refractivity contribution in [1.29, 1.82) is 0 Å². The van der Waals surface area contributed by atoms with Crippen LogP contribution in [0.1, 0.15) is 13.8 Å². The molecule has 0 saturated carbocycles. The monoisotopic (exact) mass is 185 g/mol. The first-order valence-electron chi connectivity index (χ1n) is 2.54. The second-order valence-electron chi connectivity index (χ2n) is 1.06. The zero-order chi connectivity index (χ0) is 6.41.